The van der Waals surface area contributed by atoms with Crippen LogP contribution in [0.25, 0.3) is 0 Å². The Hall–Kier alpha value is -0.420. The first kappa shape index (κ1) is 14.0. The van der Waals surface area contributed by atoms with Crippen LogP contribution in [-0.4, -0.2) is 30.5 Å². The molecule has 3 N–H and O–H groups in total. The fourth-order valence-electron chi connectivity index (χ4n) is 2.51. The van der Waals surface area contributed by atoms with Gasteiger partial charge in [-0.05, 0) is 42.5 Å². The summed E-state index contributed by atoms with van der Waals surface area (Å²) < 4.78 is 7.08. The molecule has 1 aliphatic rings. The Morgan fingerprint density at radius 1 is 1.39 bits per heavy atom. The van der Waals surface area contributed by atoms with E-state index in [1.54, 1.807) is 0 Å². The quantitative estimate of drug-likeness (QED) is 0.818. The maximum Gasteiger partial charge on any atom is 0.0847 e. The summed E-state index contributed by atoms with van der Waals surface area (Å²) in [6.45, 7) is 1.29. The fourth-order valence-corrected chi connectivity index (χ4v) is 2.92. The average molecular weight is 314 g/mol. The fraction of sp³-hybridized carbons (Fsp3) is 0.571. The van der Waals surface area contributed by atoms with E-state index in [1.165, 1.54) is 11.1 Å². The van der Waals surface area contributed by atoms with Gasteiger partial charge in [0.1, 0.15) is 0 Å². The van der Waals surface area contributed by atoms with Crippen LogP contribution in [0.5, 0.6) is 0 Å². The van der Waals surface area contributed by atoms with Crippen LogP contribution >= 0.6 is 15.9 Å². The van der Waals surface area contributed by atoms with Crippen LogP contribution in [0.15, 0.2) is 22.7 Å². The largest absolute Gasteiger partial charge is 0.396 e. The topological polar surface area (TPSA) is 55.5 Å². The molecule has 1 unspecified atom stereocenters. The van der Waals surface area contributed by atoms with Gasteiger partial charge in [-0.3, -0.25) is 0 Å². The number of rotatable bonds is 5. The second kappa shape index (κ2) is 6.15. The minimum Gasteiger partial charge on any atom is -0.396 e. The molecule has 4 heteroatoms. The molecule has 0 heterocycles. The molecule has 1 atom stereocenters. The van der Waals surface area contributed by atoms with Crippen molar-refractivity contribution in [2.75, 3.05) is 19.8 Å². The van der Waals surface area contributed by atoms with E-state index in [0.717, 1.165) is 23.7 Å². The van der Waals surface area contributed by atoms with Crippen molar-refractivity contribution < 1.29 is 9.84 Å². The predicted molar refractivity (Wildman–Crippen MR) is 75.6 cm³/mol. The number of halogens is 1. The predicted octanol–water partition coefficient (Wildman–Crippen LogP) is 2.03. The Labute approximate surface area is 116 Å². The molecule has 2 rings (SSSR count). The SMILES string of the molecule is NCC1(OCCCO)CCc2cc(Br)ccc2C1. The molecule has 0 aromatic heterocycles. The van der Waals surface area contributed by atoms with Gasteiger partial charge >= 0.3 is 0 Å². The summed E-state index contributed by atoms with van der Waals surface area (Å²) in [5.41, 5.74) is 8.39. The summed E-state index contributed by atoms with van der Waals surface area (Å²) in [6.07, 6.45) is 3.51. The second-order valence-electron chi connectivity index (χ2n) is 4.90. The van der Waals surface area contributed by atoms with Crippen molar-refractivity contribution >= 4 is 15.9 Å². The Balaban J connectivity index is 2.10. The number of hydrogen-bond donors (Lipinski definition) is 2. The molecule has 18 heavy (non-hydrogen) atoms. The second-order valence-corrected chi connectivity index (χ2v) is 5.82. The van der Waals surface area contributed by atoms with Gasteiger partial charge in [-0.25, -0.2) is 0 Å². The number of hydrogen-bond acceptors (Lipinski definition) is 3. The van der Waals surface area contributed by atoms with E-state index in [1.807, 2.05) is 0 Å². The number of nitrogens with two attached hydrogens (primary N) is 1. The number of ether oxygens (including phenoxy) is 1. The Bertz CT molecular complexity index is 411. The zero-order valence-electron chi connectivity index (χ0n) is 10.5. The third kappa shape index (κ3) is 3.12. The standard InChI is InChI=1S/C14H20BrNO2/c15-13-3-2-12-9-14(10-16,18-7-1-6-17)5-4-11(12)8-13/h2-3,8,17H,1,4-7,9-10,16H2. The maximum atomic E-state index is 8.82. The molecule has 100 valence electrons. The Morgan fingerprint density at radius 2 is 2.22 bits per heavy atom. The van der Waals surface area contributed by atoms with Crippen LogP contribution in [0, 0.1) is 0 Å². The first-order valence-electron chi connectivity index (χ1n) is 6.41. The molecule has 0 spiro atoms. The monoisotopic (exact) mass is 313 g/mol. The summed E-state index contributed by atoms with van der Waals surface area (Å²) in [5, 5.41) is 8.82. The molecule has 0 bridgehead atoms. The molecule has 3 nitrogen and oxygen atoms in total. The maximum absolute atomic E-state index is 8.82. The molecule has 1 aromatic rings. The van der Waals surface area contributed by atoms with Crippen molar-refractivity contribution in [1.82, 2.24) is 0 Å². The highest BCUT2D eigenvalue weighted by Gasteiger charge is 2.34. The van der Waals surface area contributed by atoms with Gasteiger partial charge in [-0.1, -0.05) is 22.0 Å². The van der Waals surface area contributed by atoms with Crippen molar-refractivity contribution in [3.63, 3.8) is 0 Å². The van der Waals surface area contributed by atoms with Gasteiger partial charge in [0.05, 0.1) is 5.60 Å². The first-order chi connectivity index (χ1) is 8.69. The minimum absolute atomic E-state index is 0.171. The van der Waals surface area contributed by atoms with E-state index >= 15 is 0 Å². The molecule has 0 amide bonds. The molecule has 1 aliphatic carbocycles. The first-order valence-corrected chi connectivity index (χ1v) is 7.21. The molecule has 0 fully saturated rings. The molecule has 0 saturated heterocycles. The molecular formula is C14H20BrNO2. The van der Waals surface area contributed by atoms with Gasteiger partial charge in [0.2, 0.25) is 0 Å². The van der Waals surface area contributed by atoms with Crippen LogP contribution in [0.2, 0.25) is 0 Å². The van der Waals surface area contributed by atoms with E-state index < -0.39 is 0 Å². The highest BCUT2D eigenvalue weighted by atomic mass is 79.9. The van der Waals surface area contributed by atoms with Crippen LogP contribution in [0.1, 0.15) is 24.0 Å². The van der Waals surface area contributed by atoms with E-state index in [0.29, 0.717) is 19.6 Å². The van der Waals surface area contributed by atoms with Gasteiger partial charge in [-0.2, -0.15) is 0 Å². The summed E-state index contributed by atoms with van der Waals surface area (Å²) in [7, 11) is 0. The lowest BCUT2D eigenvalue weighted by Gasteiger charge is -2.37. The zero-order chi connectivity index (χ0) is 13.0. The normalized spacial score (nSPS) is 22.8. The van der Waals surface area contributed by atoms with Gasteiger partial charge in [0, 0.05) is 30.7 Å². The van der Waals surface area contributed by atoms with Crippen LogP contribution in [0.3, 0.4) is 0 Å². The number of benzene rings is 1. The van der Waals surface area contributed by atoms with E-state index in [4.69, 9.17) is 15.6 Å². The summed E-state index contributed by atoms with van der Waals surface area (Å²) in [5.74, 6) is 0. The van der Waals surface area contributed by atoms with Crippen molar-refractivity contribution in [3.05, 3.63) is 33.8 Å². The van der Waals surface area contributed by atoms with Crippen molar-refractivity contribution in [2.45, 2.75) is 31.3 Å². The molecule has 0 radical (unpaired) electrons. The van der Waals surface area contributed by atoms with Crippen molar-refractivity contribution in [1.29, 1.82) is 0 Å². The number of aliphatic hydroxyl groups is 1. The third-order valence-electron chi connectivity index (χ3n) is 3.61. The number of fused-ring (bicyclic) bond motifs is 1. The van der Waals surface area contributed by atoms with Crippen molar-refractivity contribution in [3.8, 4) is 0 Å². The van der Waals surface area contributed by atoms with Gasteiger partial charge in [0.15, 0.2) is 0 Å². The zero-order valence-corrected chi connectivity index (χ0v) is 12.1. The summed E-state index contributed by atoms with van der Waals surface area (Å²) in [6, 6.07) is 6.40. The summed E-state index contributed by atoms with van der Waals surface area (Å²) >= 11 is 3.50. The number of aliphatic hydroxyl groups excluding tert-OH is 1. The smallest absolute Gasteiger partial charge is 0.0847 e. The molecule has 0 aliphatic heterocycles. The van der Waals surface area contributed by atoms with E-state index in [9.17, 15) is 0 Å². The minimum atomic E-state index is -0.240. The lowest BCUT2D eigenvalue weighted by Crippen LogP contribution is -2.46. The molecular weight excluding hydrogens is 294 g/mol. The van der Waals surface area contributed by atoms with E-state index in [2.05, 4.69) is 34.1 Å². The van der Waals surface area contributed by atoms with Crippen LogP contribution in [0.4, 0.5) is 0 Å². The van der Waals surface area contributed by atoms with Crippen LogP contribution < -0.4 is 5.73 Å². The van der Waals surface area contributed by atoms with Crippen molar-refractivity contribution in [2.24, 2.45) is 5.73 Å². The number of aryl methyl sites for hydroxylation is 1. The molecule has 0 saturated carbocycles. The van der Waals surface area contributed by atoms with Gasteiger partial charge in [0.25, 0.3) is 0 Å². The third-order valence-corrected chi connectivity index (χ3v) is 4.11. The highest BCUT2D eigenvalue weighted by Crippen LogP contribution is 2.32. The lowest BCUT2D eigenvalue weighted by atomic mass is 9.80. The Morgan fingerprint density at radius 3 is 2.94 bits per heavy atom. The highest BCUT2D eigenvalue weighted by molar-refractivity contribution is 9.10. The van der Waals surface area contributed by atoms with Crippen LogP contribution in [-0.2, 0) is 17.6 Å². The van der Waals surface area contributed by atoms with Gasteiger partial charge < -0.3 is 15.6 Å². The van der Waals surface area contributed by atoms with Gasteiger partial charge in [-0.15, -0.1) is 0 Å². The average Bonchev–Trinajstić information content (AvgIpc) is 2.39. The molecule has 1 aromatic carbocycles. The lowest BCUT2D eigenvalue weighted by molar-refractivity contribution is -0.0521. The Kier molecular flexibility index (Phi) is 4.78. The van der Waals surface area contributed by atoms with E-state index in [-0.39, 0.29) is 12.2 Å². The summed E-state index contributed by atoms with van der Waals surface area (Å²) in [4.78, 5) is 0.